The number of nitrogens with zero attached hydrogens (tertiary/aromatic N) is 6. The van der Waals surface area contributed by atoms with Gasteiger partial charge in [0.05, 0.1) is 29.3 Å². The van der Waals surface area contributed by atoms with Gasteiger partial charge < -0.3 is 19.9 Å². The van der Waals surface area contributed by atoms with Crippen molar-refractivity contribution in [1.29, 1.82) is 0 Å². The first-order valence-electron chi connectivity index (χ1n) is 9.94. The Balaban J connectivity index is 1.51. The molecule has 5 rings (SSSR count). The normalized spacial score (nSPS) is 14.4. The van der Waals surface area contributed by atoms with Crippen LogP contribution in [0.2, 0.25) is 0 Å². The third kappa shape index (κ3) is 3.22. The molecule has 30 heavy (non-hydrogen) atoms. The lowest BCUT2D eigenvalue weighted by Gasteiger charge is -2.30. The van der Waals surface area contributed by atoms with Crippen LogP contribution in [0.5, 0.6) is 0 Å². The molecule has 1 amide bonds. The molecule has 0 atom stereocenters. The maximum atomic E-state index is 13.1. The van der Waals surface area contributed by atoms with Gasteiger partial charge in [-0.3, -0.25) is 4.79 Å². The number of imidazole rings is 1. The summed E-state index contributed by atoms with van der Waals surface area (Å²) in [6.45, 7) is 7.50. The monoisotopic (exact) mass is 402 g/mol. The zero-order valence-electron chi connectivity index (χ0n) is 16.9. The maximum Gasteiger partial charge on any atom is 0.259 e. The summed E-state index contributed by atoms with van der Waals surface area (Å²) in [5.74, 6) is 0.195. The first-order chi connectivity index (χ1) is 14.6. The molecule has 9 nitrogen and oxygen atoms in total. The highest BCUT2D eigenvalue weighted by molar-refractivity contribution is 6.13. The second kappa shape index (κ2) is 7.34. The quantitative estimate of drug-likeness (QED) is 0.540. The lowest BCUT2D eigenvalue weighted by Crippen LogP contribution is -2.43. The van der Waals surface area contributed by atoms with Crippen LogP contribution in [-0.2, 0) is 0 Å². The Bertz CT molecular complexity index is 1260. The topological polar surface area (TPSA) is 100 Å². The van der Waals surface area contributed by atoms with Crippen molar-refractivity contribution in [1.82, 2.24) is 29.9 Å². The third-order valence-corrected chi connectivity index (χ3v) is 5.33. The van der Waals surface area contributed by atoms with Crippen molar-refractivity contribution in [2.75, 3.05) is 36.4 Å². The molecule has 0 unspecified atom stereocenters. The summed E-state index contributed by atoms with van der Waals surface area (Å²) in [5.41, 5.74) is 4.55. The van der Waals surface area contributed by atoms with Crippen LogP contribution in [0.1, 0.15) is 21.7 Å². The number of piperazine rings is 1. The zero-order chi connectivity index (χ0) is 20.7. The highest BCUT2D eigenvalue weighted by atomic mass is 16.1. The molecule has 1 saturated heterocycles. The Labute approximate surface area is 173 Å². The fourth-order valence-electron chi connectivity index (χ4n) is 3.95. The lowest BCUT2D eigenvalue weighted by atomic mass is 10.1. The predicted molar refractivity (Wildman–Crippen MR) is 115 cm³/mol. The SMILES string of the molecule is Cc1cn2cc(NC(=O)c3ccc(N4CCNCC4)c4ccnnc34)nc(C)c2n1. The van der Waals surface area contributed by atoms with Crippen molar-refractivity contribution >= 4 is 34.0 Å². The van der Waals surface area contributed by atoms with Gasteiger partial charge in [0.25, 0.3) is 5.91 Å². The second-order valence-corrected chi connectivity index (χ2v) is 7.44. The Morgan fingerprint density at radius 2 is 1.93 bits per heavy atom. The number of aromatic nitrogens is 5. The van der Waals surface area contributed by atoms with Gasteiger partial charge in [0.1, 0.15) is 11.3 Å². The second-order valence-electron chi connectivity index (χ2n) is 7.44. The number of amides is 1. The van der Waals surface area contributed by atoms with Crippen molar-refractivity contribution in [3.8, 4) is 0 Å². The van der Waals surface area contributed by atoms with Crippen LogP contribution in [0.15, 0.2) is 36.8 Å². The highest BCUT2D eigenvalue weighted by Crippen LogP contribution is 2.28. The molecule has 0 radical (unpaired) electrons. The van der Waals surface area contributed by atoms with Crippen molar-refractivity contribution < 1.29 is 4.79 Å². The van der Waals surface area contributed by atoms with Gasteiger partial charge in [-0.15, -0.1) is 5.10 Å². The van der Waals surface area contributed by atoms with Gasteiger partial charge in [-0.05, 0) is 32.0 Å². The first kappa shape index (κ1) is 18.4. The number of carbonyl (C=O) groups is 1. The minimum atomic E-state index is -0.268. The molecule has 4 heterocycles. The van der Waals surface area contributed by atoms with Gasteiger partial charge in [0.15, 0.2) is 5.65 Å². The molecule has 2 N–H and O–H groups in total. The fourth-order valence-corrected chi connectivity index (χ4v) is 3.95. The average molecular weight is 402 g/mol. The number of fused-ring (bicyclic) bond motifs is 2. The largest absolute Gasteiger partial charge is 0.368 e. The first-order valence-corrected chi connectivity index (χ1v) is 9.94. The summed E-state index contributed by atoms with van der Waals surface area (Å²) in [6, 6.07) is 5.72. The van der Waals surface area contributed by atoms with Gasteiger partial charge >= 0.3 is 0 Å². The van der Waals surface area contributed by atoms with Gasteiger partial charge in [0, 0.05) is 43.4 Å². The highest BCUT2D eigenvalue weighted by Gasteiger charge is 2.19. The molecule has 3 aromatic heterocycles. The van der Waals surface area contributed by atoms with E-state index in [0.29, 0.717) is 16.9 Å². The number of hydrogen-bond donors (Lipinski definition) is 2. The van der Waals surface area contributed by atoms with Gasteiger partial charge in [-0.2, -0.15) is 5.10 Å². The van der Waals surface area contributed by atoms with E-state index in [4.69, 9.17) is 0 Å². The number of anilines is 2. The molecule has 1 aliphatic rings. The molecule has 9 heteroatoms. The Morgan fingerprint density at radius 3 is 2.77 bits per heavy atom. The molecule has 0 spiro atoms. The van der Waals surface area contributed by atoms with Crippen molar-refractivity contribution in [2.45, 2.75) is 13.8 Å². The lowest BCUT2D eigenvalue weighted by molar-refractivity contribution is 0.102. The Hall–Kier alpha value is -3.59. The minimum absolute atomic E-state index is 0.268. The van der Waals surface area contributed by atoms with Crippen LogP contribution < -0.4 is 15.5 Å². The van der Waals surface area contributed by atoms with E-state index in [1.807, 2.05) is 42.6 Å². The Kier molecular flexibility index (Phi) is 4.51. The van der Waals surface area contributed by atoms with E-state index in [1.54, 1.807) is 12.4 Å². The molecular formula is C21H22N8O. The van der Waals surface area contributed by atoms with Gasteiger partial charge in [0.2, 0.25) is 0 Å². The standard InChI is InChI=1S/C21H22N8O/c1-13-11-29-12-18(25-14(2)20(29)24-13)26-21(30)16-3-4-17(28-9-7-22-8-10-28)15-5-6-23-27-19(15)16/h3-6,11-12,22H,7-10H2,1-2H3,(H,26,30). The predicted octanol–water partition coefficient (Wildman–Crippen LogP) is 1.95. The number of benzene rings is 1. The fraction of sp³-hybridized carbons (Fsp3) is 0.286. The average Bonchev–Trinajstić information content (AvgIpc) is 3.14. The molecule has 1 fully saturated rings. The van der Waals surface area contributed by atoms with Gasteiger partial charge in [-0.1, -0.05) is 0 Å². The number of rotatable bonds is 3. The van der Waals surface area contributed by atoms with Crippen LogP contribution in [-0.4, -0.2) is 56.7 Å². The van der Waals surface area contributed by atoms with Crippen molar-refractivity contribution in [3.05, 3.63) is 53.7 Å². The van der Waals surface area contributed by atoms with E-state index in [2.05, 4.69) is 35.7 Å². The van der Waals surface area contributed by atoms with E-state index in [1.165, 1.54) is 0 Å². The van der Waals surface area contributed by atoms with E-state index in [0.717, 1.165) is 54.3 Å². The molecule has 1 aliphatic heterocycles. The molecule has 0 aliphatic carbocycles. The van der Waals surface area contributed by atoms with E-state index >= 15 is 0 Å². The van der Waals surface area contributed by atoms with Crippen LogP contribution in [0.25, 0.3) is 16.6 Å². The molecule has 4 aromatic rings. The van der Waals surface area contributed by atoms with E-state index in [-0.39, 0.29) is 5.91 Å². The molecule has 0 bridgehead atoms. The summed E-state index contributed by atoms with van der Waals surface area (Å²) in [6.07, 6.45) is 5.34. The molecular weight excluding hydrogens is 380 g/mol. The maximum absolute atomic E-state index is 13.1. The Morgan fingerprint density at radius 1 is 1.10 bits per heavy atom. The molecule has 152 valence electrons. The number of aryl methyl sites for hydroxylation is 2. The minimum Gasteiger partial charge on any atom is -0.368 e. The summed E-state index contributed by atoms with van der Waals surface area (Å²) < 4.78 is 1.87. The van der Waals surface area contributed by atoms with Crippen molar-refractivity contribution in [2.24, 2.45) is 0 Å². The van der Waals surface area contributed by atoms with Crippen LogP contribution in [0.4, 0.5) is 11.5 Å². The van der Waals surface area contributed by atoms with Gasteiger partial charge in [-0.25, -0.2) is 9.97 Å². The van der Waals surface area contributed by atoms with Crippen LogP contribution in [0.3, 0.4) is 0 Å². The summed E-state index contributed by atoms with van der Waals surface area (Å²) in [7, 11) is 0. The summed E-state index contributed by atoms with van der Waals surface area (Å²) in [4.78, 5) is 24.3. The summed E-state index contributed by atoms with van der Waals surface area (Å²) in [5, 5.41) is 15.5. The van der Waals surface area contributed by atoms with Crippen LogP contribution in [0, 0.1) is 13.8 Å². The number of hydrogen-bond acceptors (Lipinski definition) is 7. The third-order valence-electron chi connectivity index (χ3n) is 5.33. The van der Waals surface area contributed by atoms with E-state index < -0.39 is 0 Å². The molecule has 1 aromatic carbocycles. The smallest absolute Gasteiger partial charge is 0.259 e. The molecule has 0 saturated carbocycles. The number of carbonyl (C=O) groups excluding carboxylic acids is 1. The zero-order valence-corrected chi connectivity index (χ0v) is 16.9. The van der Waals surface area contributed by atoms with Crippen LogP contribution >= 0.6 is 0 Å². The van der Waals surface area contributed by atoms with E-state index in [9.17, 15) is 4.79 Å². The van der Waals surface area contributed by atoms with Crippen molar-refractivity contribution in [3.63, 3.8) is 0 Å². The number of nitrogens with one attached hydrogen (secondary N) is 2. The summed E-state index contributed by atoms with van der Waals surface area (Å²) >= 11 is 0.